The lowest BCUT2D eigenvalue weighted by Gasteiger charge is -2.13. The SMILES string of the molecule is O=C(O)c1ccc2c(=O)n(-c3ccccc3)c(SCC(=O)c3ccccc3)nc2c1. The number of thioether (sulfide) groups is 1. The zero-order chi connectivity index (χ0) is 21.1. The standard InChI is InChI=1S/C23H16N2O4S/c26-20(15-7-3-1-4-8-15)14-30-23-24-19-13-16(22(28)29)11-12-18(19)21(27)25(23)17-9-5-2-6-10-17/h1-13H,14H2,(H,28,29). The number of rotatable bonds is 6. The van der Waals surface area contributed by atoms with Gasteiger partial charge < -0.3 is 5.11 Å². The van der Waals surface area contributed by atoms with Crippen molar-refractivity contribution in [3.8, 4) is 5.69 Å². The molecule has 0 aliphatic carbocycles. The van der Waals surface area contributed by atoms with E-state index in [1.807, 2.05) is 24.3 Å². The van der Waals surface area contributed by atoms with Gasteiger partial charge in [0.25, 0.3) is 5.56 Å². The summed E-state index contributed by atoms with van der Waals surface area (Å²) in [5, 5.41) is 9.89. The maximum absolute atomic E-state index is 13.2. The number of ketones is 1. The summed E-state index contributed by atoms with van der Waals surface area (Å²) in [5.74, 6) is -1.10. The van der Waals surface area contributed by atoms with E-state index >= 15 is 0 Å². The third kappa shape index (κ3) is 3.88. The Morgan fingerprint density at radius 3 is 2.23 bits per heavy atom. The summed E-state index contributed by atoms with van der Waals surface area (Å²) in [6.07, 6.45) is 0. The predicted molar refractivity (Wildman–Crippen MR) is 116 cm³/mol. The van der Waals surface area contributed by atoms with Gasteiger partial charge in [0.1, 0.15) is 0 Å². The fraction of sp³-hybridized carbons (Fsp3) is 0.0435. The van der Waals surface area contributed by atoms with Gasteiger partial charge in [0.2, 0.25) is 0 Å². The van der Waals surface area contributed by atoms with E-state index in [0.717, 1.165) is 11.8 Å². The molecule has 0 aliphatic rings. The number of carbonyl (C=O) groups excluding carboxylic acids is 1. The number of carbonyl (C=O) groups is 2. The number of hydrogen-bond donors (Lipinski definition) is 1. The molecule has 1 heterocycles. The smallest absolute Gasteiger partial charge is 0.335 e. The first-order chi connectivity index (χ1) is 14.5. The van der Waals surface area contributed by atoms with E-state index in [-0.39, 0.29) is 28.2 Å². The quantitative estimate of drug-likeness (QED) is 0.290. The number of para-hydroxylation sites is 1. The van der Waals surface area contributed by atoms with E-state index in [2.05, 4.69) is 4.98 Å². The Hall–Kier alpha value is -3.71. The van der Waals surface area contributed by atoms with E-state index in [9.17, 15) is 19.5 Å². The Kier molecular flexibility index (Phi) is 5.45. The topological polar surface area (TPSA) is 89.3 Å². The van der Waals surface area contributed by atoms with Crippen molar-refractivity contribution in [1.29, 1.82) is 0 Å². The monoisotopic (exact) mass is 416 g/mol. The number of aromatic nitrogens is 2. The molecule has 6 nitrogen and oxygen atoms in total. The number of nitrogens with zero attached hydrogens (tertiary/aromatic N) is 2. The van der Waals surface area contributed by atoms with E-state index < -0.39 is 5.97 Å². The van der Waals surface area contributed by atoms with Gasteiger partial charge in [0, 0.05) is 5.56 Å². The molecule has 0 bridgehead atoms. The van der Waals surface area contributed by atoms with Gasteiger partial charge in [0.05, 0.1) is 27.9 Å². The van der Waals surface area contributed by atoms with E-state index in [1.165, 1.54) is 22.8 Å². The Morgan fingerprint density at radius 1 is 0.900 bits per heavy atom. The van der Waals surface area contributed by atoms with Gasteiger partial charge >= 0.3 is 5.97 Å². The van der Waals surface area contributed by atoms with Crippen LogP contribution in [0, 0.1) is 0 Å². The van der Waals surface area contributed by atoms with Crippen LogP contribution in [0.15, 0.2) is 88.8 Å². The Balaban J connectivity index is 1.81. The molecule has 30 heavy (non-hydrogen) atoms. The summed E-state index contributed by atoms with van der Waals surface area (Å²) in [7, 11) is 0. The molecule has 0 fully saturated rings. The van der Waals surface area contributed by atoms with Crippen LogP contribution >= 0.6 is 11.8 Å². The molecule has 4 aromatic rings. The molecule has 4 rings (SSSR count). The van der Waals surface area contributed by atoms with E-state index in [0.29, 0.717) is 21.8 Å². The molecule has 0 radical (unpaired) electrons. The van der Waals surface area contributed by atoms with Crippen molar-refractivity contribution in [3.63, 3.8) is 0 Å². The minimum atomic E-state index is -1.10. The lowest BCUT2D eigenvalue weighted by atomic mass is 10.1. The average Bonchev–Trinajstić information content (AvgIpc) is 2.78. The van der Waals surface area contributed by atoms with Gasteiger partial charge in [0.15, 0.2) is 10.9 Å². The Labute approximate surface area is 175 Å². The zero-order valence-corrected chi connectivity index (χ0v) is 16.5. The summed E-state index contributed by atoms with van der Waals surface area (Å²) >= 11 is 1.14. The molecule has 0 atom stereocenters. The molecule has 7 heteroatoms. The van der Waals surface area contributed by atoms with Gasteiger partial charge in [-0.15, -0.1) is 0 Å². The summed E-state index contributed by atoms with van der Waals surface area (Å²) in [4.78, 5) is 41.6. The second kappa shape index (κ2) is 8.34. The lowest BCUT2D eigenvalue weighted by molar-refractivity contribution is 0.0696. The van der Waals surface area contributed by atoms with Crippen LogP contribution in [0.3, 0.4) is 0 Å². The first-order valence-electron chi connectivity index (χ1n) is 9.11. The molecule has 1 aromatic heterocycles. The normalized spacial score (nSPS) is 10.8. The number of fused-ring (bicyclic) bond motifs is 1. The van der Waals surface area contributed by atoms with Gasteiger partial charge in [-0.3, -0.25) is 14.2 Å². The number of carboxylic acids is 1. The molecular weight excluding hydrogens is 400 g/mol. The average molecular weight is 416 g/mol. The van der Waals surface area contributed by atoms with Gasteiger partial charge in [-0.05, 0) is 30.3 Å². The molecule has 148 valence electrons. The van der Waals surface area contributed by atoms with Crippen molar-refractivity contribution in [3.05, 3.63) is 100 Å². The summed E-state index contributed by atoms with van der Waals surface area (Å²) in [5.41, 5.74) is 1.20. The zero-order valence-electron chi connectivity index (χ0n) is 15.7. The highest BCUT2D eigenvalue weighted by molar-refractivity contribution is 7.99. The van der Waals surface area contributed by atoms with E-state index in [4.69, 9.17) is 0 Å². The molecule has 0 aliphatic heterocycles. The van der Waals surface area contributed by atoms with E-state index in [1.54, 1.807) is 36.4 Å². The van der Waals surface area contributed by atoms with Gasteiger partial charge in [-0.2, -0.15) is 0 Å². The van der Waals surface area contributed by atoms with Crippen molar-refractivity contribution >= 4 is 34.4 Å². The molecule has 1 N–H and O–H groups in total. The number of hydrogen-bond acceptors (Lipinski definition) is 5. The number of benzene rings is 3. The van der Waals surface area contributed by atoms with Crippen LogP contribution < -0.4 is 5.56 Å². The van der Waals surface area contributed by atoms with Crippen LogP contribution in [-0.4, -0.2) is 32.2 Å². The van der Waals surface area contributed by atoms with Crippen LogP contribution in [0.1, 0.15) is 20.7 Å². The highest BCUT2D eigenvalue weighted by atomic mass is 32.2. The minimum absolute atomic E-state index is 0.0446. The molecule has 0 amide bonds. The van der Waals surface area contributed by atoms with Crippen LogP contribution in [0.5, 0.6) is 0 Å². The second-order valence-electron chi connectivity index (χ2n) is 6.49. The summed E-state index contributed by atoms with van der Waals surface area (Å²) in [6, 6.07) is 22.1. The highest BCUT2D eigenvalue weighted by Crippen LogP contribution is 2.23. The lowest BCUT2D eigenvalue weighted by Crippen LogP contribution is -2.22. The molecular formula is C23H16N2O4S. The molecule has 0 spiro atoms. The van der Waals surface area contributed by atoms with Crippen molar-refractivity contribution in [2.75, 3.05) is 5.75 Å². The largest absolute Gasteiger partial charge is 0.478 e. The third-order valence-corrected chi connectivity index (χ3v) is 5.47. The van der Waals surface area contributed by atoms with Gasteiger partial charge in [-0.25, -0.2) is 9.78 Å². The van der Waals surface area contributed by atoms with Gasteiger partial charge in [-0.1, -0.05) is 60.3 Å². The number of carboxylic acid groups (broad SMARTS) is 1. The van der Waals surface area contributed by atoms with Crippen LogP contribution in [0.2, 0.25) is 0 Å². The Bertz CT molecular complexity index is 1300. The van der Waals surface area contributed by atoms with Crippen molar-refractivity contribution in [2.24, 2.45) is 0 Å². The molecule has 3 aromatic carbocycles. The fourth-order valence-corrected chi connectivity index (χ4v) is 3.94. The maximum Gasteiger partial charge on any atom is 0.335 e. The van der Waals surface area contributed by atoms with Crippen molar-refractivity contribution < 1.29 is 14.7 Å². The van der Waals surface area contributed by atoms with Crippen LogP contribution in [0.4, 0.5) is 0 Å². The third-order valence-electron chi connectivity index (χ3n) is 4.53. The molecule has 0 unspecified atom stereocenters. The molecule has 0 saturated heterocycles. The van der Waals surface area contributed by atoms with Crippen molar-refractivity contribution in [2.45, 2.75) is 5.16 Å². The fourth-order valence-electron chi connectivity index (χ4n) is 3.04. The summed E-state index contributed by atoms with van der Waals surface area (Å²) in [6.45, 7) is 0. The molecule has 0 saturated carbocycles. The second-order valence-corrected chi connectivity index (χ2v) is 7.43. The Morgan fingerprint density at radius 2 is 1.57 bits per heavy atom. The maximum atomic E-state index is 13.2. The highest BCUT2D eigenvalue weighted by Gasteiger charge is 2.16. The van der Waals surface area contributed by atoms with Crippen LogP contribution in [-0.2, 0) is 0 Å². The van der Waals surface area contributed by atoms with Crippen molar-refractivity contribution in [1.82, 2.24) is 9.55 Å². The predicted octanol–water partition coefficient (Wildman–Crippen LogP) is 4.06. The number of aromatic carboxylic acids is 1. The minimum Gasteiger partial charge on any atom is -0.478 e. The first-order valence-corrected chi connectivity index (χ1v) is 10.1. The van der Waals surface area contributed by atoms with Crippen LogP contribution in [0.25, 0.3) is 16.6 Å². The number of Topliss-reactive ketones (excluding diaryl/α,β-unsaturated/α-hetero) is 1. The first kappa shape index (κ1) is 19.6. The summed E-state index contributed by atoms with van der Waals surface area (Å²) < 4.78 is 1.45.